The number of carboxylic acid groups (broad SMARTS) is 1. The lowest BCUT2D eigenvalue weighted by molar-refractivity contribution is -0.192. The molecule has 1 aliphatic carbocycles. The molecule has 0 aromatic heterocycles. The molecule has 2 aliphatic rings. The Kier molecular flexibility index (Phi) is 7.54. The van der Waals surface area contributed by atoms with Crippen LogP contribution in [0.15, 0.2) is 42.5 Å². The number of piperidine rings is 1. The molecule has 4 atom stereocenters. The Bertz CT molecular complexity index is 1030. The molecule has 0 radical (unpaired) electrons. The molecule has 0 spiro atoms. The number of alkyl halides is 4. The summed E-state index contributed by atoms with van der Waals surface area (Å²) in [6.45, 7) is 0.422. The van der Waals surface area contributed by atoms with E-state index in [0.717, 1.165) is 5.56 Å². The van der Waals surface area contributed by atoms with Crippen LogP contribution in [-0.4, -0.2) is 53.4 Å². The highest BCUT2D eigenvalue weighted by atomic mass is 19.4. The lowest BCUT2D eigenvalue weighted by Gasteiger charge is -2.33. The van der Waals surface area contributed by atoms with Gasteiger partial charge in [-0.15, -0.1) is 0 Å². The molecule has 11 heteroatoms. The van der Waals surface area contributed by atoms with Gasteiger partial charge in [0.2, 0.25) is 5.91 Å². The third-order valence-electron chi connectivity index (χ3n) is 5.69. The second kappa shape index (κ2) is 10.0. The Morgan fingerprint density at radius 1 is 0.971 bits per heavy atom. The fourth-order valence-electron chi connectivity index (χ4n) is 4.10. The maximum absolute atomic E-state index is 14.3. The van der Waals surface area contributed by atoms with Gasteiger partial charge >= 0.3 is 12.1 Å². The van der Waals surface area contributed by atoms with E-state index < -0.39 is 30.0 Å². The summed E-state index contributed by atoms with van der Waals surface area (Å²) in [7, 11) is 0. The molecule has 5 nitrogen and oxygen atoms in total. The average Bonchev–Trinajstić information content (AvgIpc) is 3.53. The number of hydrogen-bond donors (Lipinski definition) is 2. The summed E-state index contributed by atoms with van der Waals surface area (Å²) >= 11 is 0. The van der Waals surface area contributed by atoms with Crippen LogP contribution in [0.1, 0.15) is 24.3 Å². The van der Waals surface area contributed by atoms with Gasteiger partial charge in [0, 0.05) is 18.5 Å². The van der Waals surface area contributed by atoms with Crippen molar-refractivity contribution >= 4 is 11.9 Å². The zero-order valence-electron chi connectivity index (χ0n) is 17.7. The predicted octanol–water partition coefficient (Wildman–Crippen LogP) is 4.27. The normalized spacial score (nSPS) is 24.1. The first-order valence-corrected chi connectivity index (χ1v) is 10.4. The number of benzene rings is 2. The van der Waals surface area contributed by atoms with Crippen LogP contribution in [-0.2, 0) is 9.59 Å². The number of rotatable bonds is 3. The molecule has 3 N–H and O–H groups in total. The van der Waals surface area contributed by atoms with Crippen molar-refractivity contribution in [3.8, 4) is 11.1 Å². The number of nitrogens with zero attached hydrogens (tertiary/aromatic N) is 1. The molecule has 4 rings (SSSR count). The summed E-state index contributed by atoms with van der Waals surface area (Å²) in [6, 6.07) is 10.4. The third kappa shape index (κ3) is 5.88. The molecule has 2 fully saturated rings. The second-order valence-corrected chi connectivity index (χ2v) is 8.27. The van der Waals surface area contributed by atoms with Gasteiger partial charge in [-0.3, -0.25) is 4.79 Å². The average molecular weight is 488 g/mol. The monoisotopic (exact) mass is 488 g/mol. The molecule has 2 aromatic rings. The van der Waals surface area contributed by atoms with E-state index in [1.54, 1.807) is 24.3 Å². The van der Waals surface area contributed by atoms with Crippen molar-refractivity contribution in [3.05, 3.63) is 59.7 Å². The zero-order chi connectivity index (χ0) is 25.2. The van der Waals surface area contributed by atoms with Crippen LogP contribution >= 0.6 is 0 Å². The summed E-state index contributed by atoms with van der Waals surface area (Å²) in [5.41, 5.74) is 6.97. The van der Waals surface area contributed by atoms with E-state index >= 15 is 0 Å². The highest BCUT2D eigenvalue weighted by Crippen LogP contribution is 2.51. The van der Waals surface area contributed by atoms with Gasteiger partial charge in [-0.1, -0.05) is 30.3 Å². The Labute approximate surface area is 191 Å². The summed E-state index contributed by atoms with van der Waals surface area (Å²) in [6.07, 6.45) is -5.32. The lowest BCUT2D eigenvalue weighted by atomic mass is 9.95. The molecular weight excluding hydrogens is 466 g/mol. The SMILES string of the molecule is N[C@H]1C[C@@H](F)CN(C(=O)[C@@H]2C[C@H]2c2ccccc2-c2c(F)cccc2F)C1.O=C(O)C(F)(F)F. The summed E-state index contributed by atoms with van der Waals surface area (Å²) in [5.74, 6) is -4.56. The van der Waals surface area contributed by atoms with Gasteiger partial charge in [0.25, 0.3) is 0 Å². The Morgan fingerprint density at radius 3 is 2.12 bits per heavy atom. The first kappa shape index (κ1) is 25.5. The van der Waals surface area contributed by atoms with Crippen LogP contribution in [0.25, 0.3) is 11.1 Å². The van der Waals surface area contributed by atoms with E-state index in [1.165, 1.54) is 23.1 Å². The molecule has 0 unspecified atom stereocenters. The first-order valence-electron chi connectivity index (χ1n) is 10.4. The summed E-state index contributed by atoms with van der Waals surface area (Å²) in [5, 5.41) is 7.12. The van der Waals surface area contributed by atoms with Crippen LogP contribution in [0.4, 0.5) is 26.3 Å². The summed E-state index contributed by atoms with van der Waals surface area (Å²) < 4.78 is 74.0. The van der Waals surface area contributed by atoms with Crippen LogP contribution < -0.4 is 5.73 Å². The smallest absolute Gasteiger partial charge is 0.475 e. The first-order chi connectivity index (χ1) is 15.9. The lowest BCUT2D eigenvalue weighted by Crippen LogP contribution is -2.50. The molecule has 1 aliphatic heterocycles. The van der Waals surface area contributed by atoms with E-state index in [1.807, 2.05) is 0 Å². The van der Waals surface area contributed by atoms with E-state index in [4.69, 9.17) is 15.6 Å². The van der Waals surface area contributed by atoms with Gasteiger partial charge in [-0.2, -0.15) is 13.2 Å². The van der Waals surface area contributed by atoms with Gasteiger partial charge in [-0.25, -0.2) is 18.0 Å². The predicted molar refractivity (Wildman–Crippen MR) is 110 cm³/mol. The van der Waals surface area contributed by atoms with Gasteiger partial charge < -0.3 is 15.7 Å². The van der Waals surface area contributed by atoms with Crippen LogP contribution in [0, 0.1) is 17.6 Å². The number of carboxylic acids is 1. The minimum absolute atomic E-state index is 0.0688. The Hall–Kier alpha value is -3.08. The number of halogens is 6. The van der Waals surface area contributed by atoms with Crippen molar-refractivity contribution in [2.75, 3.05) is 13.1 Å². The van der Waals surface area contributed by atoms with Crippen molar-refractivity contribution in [2.24, 2.45) is 11.7 Å². The molecule has 2 aromatic carbocycles. The minimum atomic E-state index is -5.08. The maximum Gasteiger partial charge on any atom is 0.490 e. The number of nitrogens with two attached hydrogens (primary N) is 1. The van der Waals surface area contributed by atoms with Crippen LogP contribution in [0.3, 0.4) is 0 Å². The van der Waals surface area contributed by atoms with Crippen molar-refractivity contribution in [3.63, 3.8) is 0 Å². The molecule has 1 heterocycles. The quantitative estimate of drug-likeness (QED) is 0.633. The summed E-state index contributed by atoms with van der Waals surface area (Å²) in [4.78, 5) is 23.2. The van der Waals surface area contributed by atoms with Crippen molar-refractivity contribution in [1.82, 2.24) is 4.90 Å². The van der Waals surface area contributed by atoms with Gasteiger partial charge in [0.1, 0.15) is 17.8 Å². The number of aliphatic carboxylic acids is 1. The highest BCUT2D eigenvalue weighted by Gasteiger charge is 2.48. The van der Waals surface area contributed by atoms with E-state index in [0.29, 0.717) is 18.5 Å². The number of amides is 1. The van der Waals surface area contributed by atoms with Crippen LogP contribution in [0.5, 0.6) is 0 Å². The number of carbonyl (C=O) groups is 2. The number of hydrogen-bond acceptors (Lipinski definition) is 3. The van der Waals surface area contributed by atoms with Gasteiger partial charge in [-0.05, 0) is 42.0 Å². The molecule has 1 saturated carbocycles. The minimum Gasteiger partial charge on any atom is -0.475 e. The molecule has 0 bridgehead atoms. The molecule has 1 amide bonds. The number of likely N-dealkylation sites (tertiary alicyclic amines) is 1. The highest BCUT2D eigenvalue weighted by molar-refractivity contribution is 5.84. The molecule has 184 valence electrons. The van der Waals surface area contributed by atoms with Gasteiger partial charge in [0.05, 0.1) is 12.1 Å². The Balaban J connectivity index is 0.000000406. The van der Waals surface area contributed by atoms with Gasteiger partial charge in [0.15, 0.2) is 0 Å². The maximum atomic E-state index is 14.3. The second-order valence-electron chi connectivity index (χ2n) is 8.27. The Morgan fingerprint density at radius 2 is 1.56 bits per heavy atom. The van der Waals surface area contributed by atoms with Crippen molar-refractivity contribution in [2.45, 2.75) is 37.1 Å². The van der Waals surface area contributed by atoms with Crippen molar-refractivity contribution in [1.29, 1.82) is 0 Å². The van der Waals surface area contributed by atoms with E-state index in [9.17, 15) is 31.1 Å². The zero-order valence-corrected chi connectivity index (χ0v) is 17.7. The van der Waals surface area contributed by atoms with E-state index in [-0.39, 0.29) is 42.3 Å². The molecule has 1 saturated heterocycles. The third-order valence-corrected chi connectivity index (χ3v) is 5.69. The van der Waals surface area contributed by atoms with Crippen LogP contribution in [0.2, 0.25) is 0 Å². The molecule has 34 heavy (non-hydrogen) atoms. The largest absolute Gasteiger partial charge is 0.490 e. The fourth-order valence-corrected chi connectivity index (χ4v) is 4.10. The molecular formula is C23H22F6N2O3. The van der Waals surface area contributed by atoms with Crippen molar-refractivity contribution < 1.29 is 41.0 Å². The standard InChI is InChI=1S/C21H21F3N2O.C2HF3O2/c22-12-8-13(25)11-26(10-12)21(27)17-9-16(17)14-4-1-2-5-15(14)20-18(23)6-3-7-19(20)24;3-2(4,5)1(6)7/h1-7,12-13,16-17H,8-11,25H2;(H,6,7)/t12-,13+,16+,17-;/m1./s1. The fraction of sp³-hybridized carbons (Fsp3) is 0.391. The van der Waals surface area contributed by atoms with E-state index in [2.05, 4.69) is 0 Å². The number of carbonyl (C=O) groups excluding carboxylic acids is 1. The topological polar surface area (TPSA) is 83.6 Å².